The molecule has 0 radical (unpaired) electrons. The zero-order valence-electron chi connectivity index (χ0n) is 11.4. The van der Waals surface area contributed by atoms with Crippen molar-refractivity contribution in [2.24, 2.45) is 0 Å². The number of H-pyrrole nitrogens is 2. The number of anilines is 1. The van der Waals surface area contributed by atoms with E-state index in [1.807, 2.05) is 6.07 Å². The lowest BCUT2D eigenvalue weighted by Gasteiger charge is -2.05. The maximum Gasteiger partial charge on any atom is 0.274 e. The summed E-state index contributed by atoms with van der Waals surface area (Å²) >= 11 is 5.85. The molecule has 0 saturated carbocycles. The summed E-state index contributed by atoms with van der Waals surface area (Å²) in [6, 6.07) is 15.6. The Morgan fingerprint density at radius 2 is 1.64 bits per heavy atom. The van der Waals surface area contributed by atoms with E-state index in [1.54, 1.807) is 48.5 Å². The summed E-state index contributed by atoms with van der Waals surface area (Å²) < 4.78 is 0. The molecule has 5 nitrogen and oxygen atoms in total. The molecule has 0 atom stereocenters. The molecule has 22 heavy (non-hydrogen) atoms. The van der Waals surface area contributed by atoms with Crippen LogP contribution in [-0.4, -0.2) is 16.1 Å². The monoisotopic (exact) mass is 313 g/mol. The molecular formula is C16H12ClN3O2. The van der Waals surface area contributed by atoms with Gasteiger partial charge in [-0.1, -0.05) is 41.9 Å². The second-order valence-electron chi connectivity index (χ2n) is 4.66. The Hall–Kier alpha value is -2.79. The van der Waals surface area contributed by atoms with Gasteiger partial charge in [-0.05, 0) is 29.8 Å². The van der Waals surface area contributed by atoms with Gasteiger partial charge in [-0.2, -0.15) is 0 Å². The van der Waals surface area contributed by atoms with Gasteiger partial charge in [-0.15, -0.1) is 0 Å². The van der Waals surface area contributed by atoms with Crippen LogP contribution in [-0.2, 0) is 0 Å². The van der Waals surface area contributed by atoms with Gasteiger partial charge in [0.15, 0.2) is 0 Å². The summed E-state index contributed by atoms with van der Waals surface area (Å²) in [6.07, 6.45) is 0. The number of rotatable bonds is 3. The number of nitrogens with one attached hydrogen (secondary N) is 3. The van der Waals surface area contributed by atoms with Crippen molar-refractivity contribution >= 4 is 23.3 Å². The number of amides is 1. The highest BCUT2D eigenvalue weighted by molar-refractivity contribution is 6.30. The fourth-order valence-corrected chi connectivity index (χ4v) is 2.24. The van der Waals surface area contributed by atoms with Gasteiger partial charge in [-0.25, -0.2) is 0 Å². The zero-order chi connectivity index (χ0) is 15.5. The van der Waals surface area contributed by atoms with Crippen LogP contribution >= 0.6 is 11.6 Å². The number of aromatic amines is 2. The van der Waals surface area contributed by atoms with E-state index in [9.17, 15) is 9.59 Å². The van der Waals surface area contributed by atoms with E-state index in [2.05, 4.69) is 15.5 Å². The fourth-order valence-electron chi connectivity index (χ4n) is 2.12. The molecule has 3 aromatic rings. The smallest absolute Gasteiger partial charge is 0.274 e. The van der Waals surface area contributed by atoms with Gasteiger partial charge in [0.05, 0.1) is 5.56 Å². The molecule has 2 aromatic carbocycles. The molecule has 0 aliphatic heterocycles. The van der Waals surface area contributed by atoms with Gasteiger partial charge in [0.1, 0.15) is 5.82 Å². The molecule has 0 bridgehead atoms. The van der Waals surface area contributed by atoms with Gasteiger partial charge < -0.3 is 5.32 Å². The minimum absolute atomic E-state index is 0.300. The average Bonchev–Trinajstić information content (AvgIpc) is 2.90. The van der Waals surface area contributed by atoms with E-state index in [-0.39, 0.29) is 11.5 Å². The van der Waals surface area contributed by atoms with Crippen LogP contribution in [0, 0.1) is 0 Å². The number of benzene rings is 2. The quantitative estimate of drug-likeness (QED) is 0.694. The Bertz CT molecular complexity index is 851. The molecule has 0 unspecified atom stereocenters. The third kappa shape index (κ3) is 2.80. The Balaban J connectivity index is 1.94. The molecule has 3 N–H and O–H groups in total. The number of halogens is 1. The van der Waals surface area contributed by atoms with Crippen LogP contribution in [0.1, 0.15) is 10.4 Å². The van der Waals surface area contributed by atoms with Crippen LogP contribution in [0.5, 0.6) is 0 Å². The van der Waals surface area contributed by atoms with E-state index in [4.69, 9.17) is 11.6 Å². The standard InChI is InChI=1S/C16H12ClN3O2/c17-12-8-6-10(7-9-12)13-14(19-20-16(13)22)18-15(21)11-4-2-1-3-5-11/h1-9H,(H3,18,19,20,21,22). The first-order chi connectivity index (χ1) is 10.6. The maximum absolute atomic E-state index is 12.2. The second kappa shape index (κ2) is 5.91. The molecule has 3 rings (SSSR count). The van der Waals surface area contributed by atoms with Crippen molar-refractivity contribution in [2.45, 2.75) is 0 Å². The summed E-state index contributed by atoms with van der Waals surface area (Å²) in [5.74, 6) is 0.0206. The Kier molecular flexibility index (Phi) is 3.80. The first kappa shape index (κ1) is 14.2. The number of hydrogen-bond acceptors (Lipinski definition) is 2. The molecule has 0 saturated heterocycles. The van der Waals surface area contributed by atoms with Crippen molar-refractivity contribution in [1.82, 2.24) is 10.2 Å². The van der Waals surface area contributed by atoms with Crippen LogP contribution in [0.3, 0.4) is 0 Å². The number of aromatic nitrogens is 2. The molecule has 1 heterocycles. The Morgan fingerprint density at radius 1 is 0.955 bits per heavy atom. The van der Waals surface area contributed by atoms with Crippen molar-refractivity contribution in [3.63, 3.8) is 0 Å². The average molecular weight is 314 g/mol. The summed E-state index contributed by atoms with van der Waals surface area (Å²) in [4.78, 5) is 24.2. The molecule has 0 aliphatic carbocycles. The van der Waals surface area contributed by atoms with E-state index in [0.29, 0.717) is 27.5 Å². The Labute approximate surface area is 130 Å². The molecule has 1 aromatic heterocycles. The van der Waals surface area contributed by atoms with E-state index >= 15 is 0 Å². The molecule has 0 aliphatic rings. The van der Waals surface area contributed by atoms with Crippen LogP contribution < -0.4 is 10.9 Å². The lowest BCUT2D eigenvalue weighted by molar-refractivity contribution is 0.102. The van der Waals surface area contributed by atoms with Crippen LogP contribution in [0.25, 0.3) is 11.1 Å². The van der Waals surface area contributed by atoms with Gasteiger partial charge >= 0.3 is 0 Å². The first-order valence-electron chi connectivity index (χ1n) is 6.58. The van der Waals surface area contributed by atoms with E-state index in [1.165, 1.54) is 0 Å². The van der Waals surface area contributed by atoms with Crippen molar-refractivity contribution in [1.29, 1.82) is 0 Å². The number of hydrogen-bond donors (Lipinski definition) is 3. The third-order valence-corrected chi connectivity index (χ3v) is 3.44. The number of carbonyl (C=O) groups excluding carboxylic acids is 1. The molecule has 1 amide bonds. The highest BCUT2D eigenvalue weighted by Gasteiger charge is 2.15. The molecule has 6 heteroatoms. The van der Waals surface area contributed by atoms with Gasteiger partial charge in [0.2, 0.25) is 0 Å². The topological polar surface area (TPSA) is 77.8 Å². The molecule has 0 fully saturated rings. The fraction of sp³-hybridized carbons (Fsp3) is 0. The summed E-state index contributed by atoms with van der Waals surface area (Å²) in [6.45, 7) is 0. The zero-order valence-corrected chi connectivity index (χ0v) is 12.1. The van der Waals surface area contributed by atoms with Crippen LogP contribution in [0.2, 0.25) is 5.02 Å². The summed E-state index contributed by atoms with van der Waals surface area (Å²) in [5, 5.41) is 8.44. The minimum atomic E-state index is -0.314. The van der Waals surface area contributed by atoms with Crippen molar-refractivity contribution < 1.29 is 4.79 Å². The van der Waals surface area contributed by atoms with Crippen molar-refractivity contribution in [3.05, 3.63) is 75.5 Å². The first-order valence-corrected chi connectivity index (χ1v) is 6.96. The third-order valence-electron chi connectivity index (χ3n) is 3.19. The van der Waals surface area contributed by atoms with Crippen molar-refractivity contribution in [3.8, 4) is 11.1 Å². The van der Waals surface area contributed by atoms with Crippen molar-refractivity contribution in [2.75, 3.05) is 5.32 Å². The lowest BCUT2D eigenvalue weighted by atomic mass is 10.1. The summed E-state index contributed by atoms with van der Waals surface area (Å²) in [7, 11) is 0. The largest absolute Gasteiger partial charge is 0.306 e. The SMILES string of the molecule is O=C(Nc1[nH][nH]c(=O)c1-c1ccc(Cl)cc1)c1ccccc1. The molecule has 0 spiro atoms. The van der Waals surface area contributed by atoms with Gasteiger partial charge in [0.25, 0.3) is 11.5 Å². The Morgan fingerprint density at radius 3 is 2.32 bits per heavy atom. The maximum atomic E-state index is 12.2. The second-order valence-corrected chi connectivity index (χ2v) is 5.09. The summed E-state index contributed by atoms with van der Waals surface area (Å²) in [5.41, 5.74) is 1.22. The lowest BCUT2D eigenvalue weighted by Crippen LogP contribution is -2.13. The van der Waals surface area contributed by atoms with Crippen LogP contribution in [0.15, 0.2) is 59.4 Å². The minimum Gasteiger partial charge on any atom is -0.306 e. The molecular weight excluding hydrogens is 302 g/mol. The number of carbonyl (C=O) groups is 1. The van der Waals surface area contributed by atoms with E-state index < -0.39 is 0 Å². The van der Waals surface area contributed by atoms with Gasteiger partial charge in [-0.3, -0.25) is 19.8 Å². The highest BCUT2D eigenvalue weighted by atomic mass is 35.5. The highest BCUT2D eigenvalue weighted by Crippen LogP contribution is 2.24. The predicted molar refractivity (Wildman–Crippen MR) is 86.3 cm³/mol. The molecule has 110 valence electrons. The van der Waals surface area contributed by atoms with Crippen LogP contribution in [0.4, 0.5) is 5.82 Å². The normalized spacial score (nSPS) is 10.4. The van der Waals surface area contributed by atoms with Gasteiger partial charge in [0, 0.05) is 10.6 Å². The van der Waals surface area contributed by atoms with E-state index in [0.717, 1.165) is 0 Å². The predicted octanol–water partition coefficient (Wildman–Crippen LogP) is 3.28.